The van der Waals surface area contributed by atoms with Crippen LogP contribution in [-0.4, -0.2) is 46.6 Å². The number of alkyl carbamates (subject to hydrolysis) is 1. The van der Waals surface area contributed by atoms with Crippen LogP contribution in [0.4, 0.5) is 4.79 Å². The van der Waals surface area contributed by atoms with Gasteiger partial charge in [0.15, 0.2) is 0 Å². The number of phenolic OH excluding ortho intramolecular Hbond substituents is 1. The van der Waals surface area contributed by atoms with Gasteiger partial charge in [-0.25, -0.2) is 4.79 Å². The van der Waals surface area contributed by atoms with Gasteiger partial charge in [0.1, 0.15) is 23.9 Å². The zero-order valence-corrected chi connectivity index (χ0v) is 22.0. The molecule has 3 N–H and O–H groups in total. The second-order valence-corrected chi connectivity index (χ2v) is 9.77. The van der Waals surface area contributed by atoms with Crippen molar-refractivity contribution in [2.75, 3.05) is 13.1 Å². The van der Waals surface area contributed by atoms with Crippen molar-refractivity contribution in [1.29, 1.82) is 0 Å². The molecule has 1 atom stereocenters. The van der Waals surface area contributed by atoms with E-state index in [-0.39, 0.29) is 18.8 Å². The highest BCUT2D eigenvalue weighted by molar-refractivity contribution is 5.91. The Balaban J connectivity index is 2.35. The fraction of sp³-hybridized carbons (Fsp3) is 0.464. The lowest BCUT2D eigenvalue weighted by molar-refractivity contribution is -0.140. The second kappa shape index (κ2) is 13.5. The van der Waals surface area contributed by atoms with Crippen LogP contribution in [0.1, 0.15) is 69.7 Å². The molecular formula is C28H39N3O5. The number of phenols is 1. The maximum absolute atomic E-state index is 13.6. The third-order valence-electron chi connectivity index (χ3n) is 5.54. The Kier molecular flexibility index (Phi) is 10.8. The molecular weight excluding hydrogens is 458 g/mol. The monoisotopic (exact) mass is 497 g/mol. The first-order valence-corrected chi connectivity index (χ1v) is 12.4. The van der Waals surface area contributed by atoms with Gasteiger partial charge in [0.2, 0.25) is 11.8 Å². The third kappa shape index (κ3) is 8.91. The van der Waals surface area contributed by atoms with Gasteiger partial charge in [-0.2, -0.15) is 0 Å². The summed E-state index contributed by atoms with van der Waals surface area (Å²) in [5, 5.41) is 16.2. The highest BCUT2D eigenvalue weighted by Gasteiger charge is 2.33. The van der Waals surface area contributed by atoms with E-state index in [0.717, 1.165) is 18.4 Å². The number of nitrogens with one attached hydrogen (secondary N) is 2. The average Bonchev–Trinajstić information content (AvgIpc) is 2.82. The Hall–Kier alpha value is -3.55. The Bertz CT molecular complexity index is 1020. The van der Waals surface area contributed by atoms with Crippen LogP contribution in [0.2, 0.25) is 0 Å². The van der Waals surface area contributed by atoms with Crippen molar-refractivity contribution in [3.05, 3.63) is 65.2 Å². The number of aromatic hydroxyl groups is 1. The summed E-state index contributed by atoms with van der Waals surface area (Å²) in [6, 6.07) is 13.5. The highest BCUT2D eigenvalue weighted by Crippen LogP contribution is 2.32. The zero-order chi connectivity index (χ0) is 26.7. The summed E-state index contributed by atoms with van der Waals surface area (Å²) >= 11 is 0. The topological polar surface area (TPSA) is 108 Å². The molecule has 2 rings (SSSR count). The molecule has 1 unspecified atom stereocenters. The zero-order valence-electron chi connectivity index (χ0n) is 22.0. The first-order chi connectivity index (χ1) is 17.0. The molecule has 8 nitrogen and oxygen atoms in total. The number of hydrogen-bond donors (Lipinski definition) is 3. The highest BCUT2D eigenvalue weighted by atomic mass is 16.6. The van der Waals surface area contributed by atoms with Gasteiger partial charge >= 0.3 is 6.09 Å². The summed E-state index contributed by atoms with van der Waals surface area (Å²) in [5.74, 6) is -0.898. The van der Waals surface area contributed by atoms with Crippen molar-refractivity contribution in [2.45, 2.75) is 72.1 Å². The molecule has 0 aliphatic rings. The van der Waals surface area contributed by atoms with Crippen molar-refractivity contribution < 1.29 is 24.2 Å². The molecule has 0 heterocycles. The molecule has 0 aliphatic heterocycles. The number of aryl methyl sites for hydroxylation is 1. The van der Waals surface area contributed by atoms with Crippen molar-refractivity contribution >= 4 is 17.9 Å². The molecule has 2 aromatic rings. The van der Waals surface area contributed by atoms with E-state index in [0.29, 0.717) is 24.1 Å². The van der Waals surface area contributed by atoms with Crippen molar-refractivity contribution in [1.82, 2.24) is 15.5 Å². The van der Waals surface area contributed by atoms with E-state index >= 15 is 0 Å². The normalized spacial score (nSPS) is 11.9. The maximum atomic E-state index is 13.6. The molecule has 0 fully saturated rings. The number of ether oxygens (including phenoxy) is 1. The number of para-hydroxylation sites is 1. The van der Waals surface area contributed by atoms with Crippen LogP contribution in [0.15, 0.2) is 48.5 Å². The second-order valence-electron chi connectivity index (χ2n) is 9.77. The fourth-order valence-electron chi connectivity index (χ4n) is 3.73. The van der Waals surface area contributed by atoms with E-state index in [1.54, 1.807) is 45.9 Å². The van der Waals surface area contributed by atoms with E-state index in [1.807, 2.05) is 37.3 Å². The van der Waals surface area contributed by atoms with E-state index in [9.17, 15) is 19.5 Å². The summed E-state index contributed by atoms with van der Waals surface area (Å²) in [4.78, 5) is 40.5. The molecule has 2 aromatic carbocycles. The molecule has 0 spiro atoms. The molecule has 3 amide bonds. The van der Waals surface area contributed by atoms with Gasteiger partial charge in [0.25, 0.3) is 0 Å². The van der Waals surface area contributed by atoms with Gasteiger partial charge in [-0.05, 0) is 45.2 Å². The SMILES string of the molecule is CCCCCN(C(=O)CNC(=O)OC(C)(C)C)C(C(=O)NCc1ccccc1)c1cccc(C)c1O. The minimum absolute atomic E-state index is 0.0363. The largest absolute Gasteiger partial charge is 0.507 e. The van der Waals surface area contributed by atoms with Crippen LogP contribution in [0.3, 0.4) is 0 Å². The lowest BCUT2D eigenvalue weighted by Crippen LogP contribution is -2.48. The van der Waals surface area contributed by atoms with Crippen LogP contribution in [-0.2, 0) is 20.9 Å². The maximum Gasteiger partial charge on any atom is 0.408 e. The van der Waals surface area contributed by atoms with Crippen LogP contribution in [0, 0.1) is 6.92 Å². The third-order valence-corrected chi connectivity index (χ3v) is 5.54. The van der Waals surface area contributed by atoms with Gasteiger partial charge < -0.3 is 25.4 Å². The first kappa shape index (κ1) is 28.7. The Morgan fingerprint density at radius 1 is 1.00 bits per heavy atom. The molecule has 0 bridgehead atoms. The van der Waals surface area contributed by atoms with Crippen molar-refractivity contribution in [3.63, 3.8) is 0 Å². The molecule has 8 heteroatoms. The number of benzene rings is 2. The summed E-state index contributed by atoms with van der Waals surface area (Å²) in [5.41, 5.74) is 1.14. The Morgan fingerprint density at radius 3 is 2.33 bits per heavy atom. The summed E-state index contributed by atoms with van der Waals surface area (Å²) in [7, 11) is 0. The molecule has 0 aromatic heterocycles. The first-order valence-electron chi connectivity index (χ1n) is 12.4. The Labute approximate surface area is 214 Å². The number of carbonyl (C=O) groups excluding carboxylic acids is 3. The van der Waals surface area contributed by atoms with Gasteiger partial charge in [-0.1, -0.05) is 68.3 Å². The summed E-state index contributed by atoms with van der Waals surface area (Å²) < 4.78 is 5.24. The number of unbranched alkanes of at least 4 members (excludes halogenated alkanes) is 2. The van der Waals surface area contributed by atoms with E-state index < -0.39 is 29.6 Å². The molecule has 196 valence electrons. The fourth-order valence-corrected chi connectivity index (χ4v) is 3.73. The number of nitrogens with zero attached hydrogens (tertiary/aromatic N) is 1. The van der Waals surface area contributed by atoms with Crippen molar-refractivity contribution in [3.8, 4) is 5.75 Å². The number of carbonyl (C=O) groups is 3. The van der Waals surface area contributed by atoms with Crippen molar-refractivity contribution in [2.24, 2.45) is 0 Å². The van der Waals surface area contributed by atoms with Gasteiger partial charge in [0.05, 0.1) is 0 Å². The van der Waals surface area contributed by atoms with E-state index in [4.69, 9.17) is 4.74 Å². The summed E-state index contributed by atoms with van der Waals surface area (Å²) in [6.07, 6.45) is 1.75. The van der Waals surface area contributed by atoms with Gasteiger partial charge in [0, 0.05) is 18.7 Å². The lowest BCUT2D eigenvalue weighted by Gasteiger charge is -2.32. The smallest absolute Gasteiger partial charge is 0.408 e. The molecule has 0 aliphatic carbocycles. The number of amides is 3. The van der Waals surface area contributed by atoms with Crippen LogP contribution in [0.25, 0.3) is 0 Å². The molecule has 0 saturated carbocycles. The number of rotatable bonds is 11. The minimum Gasteiger partial charge on any atom is -0.507 e. The lowest BCUT2D eigenvalue weighted by atomic mass is 9.99. The average molecular weight is 498 g/mol. The van der Waals surface area contributed by atoms with Gasteiger partial charge in [-0.15, -0.1) is 0 Å². The molecule has 0 radical (unpaired) electrons. The minimum atomic E-state index is -1.07. The standard InChI is InChI=1S/C28H39N3O5/c1-6-7-11-17-31(23(32)19-30-27(35)36-28(3,4)5)24(22-16-12-13-20(2)25(22)33)26(34)29-18-21-14-9-8-10-15-21/h8-10,12-16,24,33H,6-7,11,17-19H2,1-5H3,(H,29,34)(H,30,35). The predicted molar refractivity (Wildman–Crippen MR) is 139 cm³/mol. The molecule has 0 saturated heterocycles. The molecule has 36 heavy (non-hydrogen) atoms. The van der Waals surface area contributed by atoms with E-state index in [1.165, 1.54) is 4.90 Å². The predicted octanol–water partition coefficient (Wildman–Crippen LogP) is 4.60. The van der Waals surface area contributed by atoms with Crippen LogP contribution in [0.5, 0.6) is 5.75 Å². The Morgan fingerprint density at radius 2 is 1.69 bits per heavy atom. The van der Waals surface area contributed by atoms with Gasteiger partial charge in [-0.3, -0.25) is 9.59 Å². The number of hydrogen-bond acceptors (Lipinski definition) is 5. The quantitative estimate of drug-likeness (QED) is 0.393. The van der Waals surface area contributed by atoms with Crippen LogP contribution < -0.4 is 10.6 Å². The van der Waals surface area contributed by atoms with E-state index in [2.05, 4.69) is 10.6 Å². The van der Waals surface area contributed by atoms with Crippen LogP contribution >= 0.6 is 0 Å². The summed E-state index contributed by atoms with van der Waals surface area (Å²) in [6.45, 7) is 9.22.